The minimum absolute atomic E-state index is 0.00901. The van der Waals surface area contributed by atoms with Crippen LogP contribution in [0.3, 0.4) is 0 Å². The molecule has 3 aromatic rings. The third-order valence-corrected chi connectivity index (χ3v) is 4.69. The smallest absolute Gasteiger partial charge is 0.164 e. The average molecular weight is 378 g/mol. The number of aromatic nitrogens is 3. The van der Waals surface area contributed by atoms with Gasteiger partial charge in [-0.05, 0) is 23.8 Å². The van der Waals surface area contributed by atoms with Gasteiger partial charge in [0, 0.05) is 6.20 Å². The molecule has 2 unspecified atom stereocenters. The molecule has 1 fully saturated rings. The van der Waals surface area contributed by atoms with Crippen molar-refractivity contribution in [2.45, 2.75) is 30.6 Å². The number of nitrogens with zero attached hydrogens (tertiary/aromatic N) is 3. The van der Waals surface area contributed by atoms with E-state index >= 15 is 0 Å². The van der Waals surface area contributed by atoms with Gasteiger partial charge in [-0.2, -0.15) is 0 Å². The van der Waals surface area contributed by atoms with Crippen LogP contribution in [0.15, 0.2) is 36.8 Å². The molecule has 3 heterocycles. The van der Waals surface area contributed by atoms with Crippen LogP contribution in [0.4, 0.5) is 14.6 Å². The summed E-state index contributed by atoms with van der Waals surface area (Å²) in [5, 5.41) is 31.7. The minimum atomic E-state index is -1.49. The predicted octanol–water partition coefficient (Wildman–Crippen LogP) is 0.644. The number of aliphatic hydroxyl groups excluding tert-OH is 3. The molecule has 142 valence electrons. The van der Waals surface area contributed by atoms with Crippen LogP contribution < -0.4 is 5.73 Å². The number of fused-ring (bicyclic) bond motifs is 1. The van der Waals surface area contributed by atoms with Crippen molar-refractivity contribution >= 4 is 16.9 Å². The fourth-order valence-corrected chi connectivity index (χ4v) is 3.26. The Hall–Kier alpha value is -2.66. The van der Waals surface area contributed by atoms with Crippen molar-refractivity contribution in [1.82, 2.24) is 14.5 Å². The van der Waals surface area contributed by atoms with Crippen molar-refractivity contribution in [2.24, 2.45) is 0 Å². The highest BCUT2D eigenvalue weighted by atomic mass is 19.2. The van der Waals surface area contributed by atoms with Crippen LogP contribution in [0.1, 0.15) is 17.9 Å². The highest BCUT2D eigenvalue weighted by Crippen LogP contribution is 2.37. The van der Waals surface area contributed by atoms with Crippen molar-refractivity contribution in [3.05, 3.63) is 54.0 Å². The van der Waals surface area contributed by atoms with E-state index < -0.39 is 42.3 Å². The molecule has 0 bridgehead atoms. The van der Waals surface area contributed by atoms with Crippen LogP contribution in [0.2, 0.25) is 0 Å². The third kappa shape index (κ3) is 2.82. The van der Waals surface area contributed by atoms with Gasteiger partial charge in [-0.3, -0.25) is 0 Å². The van der Waals surface area contributed by atoms with Crippen LogP contribution in [-0.4, -0.2) is 48.2 Å². The first kappa shape index (κ1) is 17.7. The van der Waals surface area contributed by atoms with E-state index in [9.17, 15) is 24.1 Å². The normalized spacial score (nSPS) is 26.6. The topological polar surface area (TPSA) is 127 Å². The molecule has 2 aromatic heterocycles. The maximum atomic E-state index is 13.4. The first-order valence-corrected chi connectivity index (χ1v) is 8.10. The lowest BCUT2D eigenvalue weighted by Gasteiger charge is -2.21. The molecule has 5 N–H and O–H groups in total. The number of rotatable bonds is 3. The lowest BCUT2D eigenvalue weighted by molar-refractivity contribution is -0.0849. The van der Waals surface area contributed by atoms with Gasteiger partial charge in [0.1, 0.15) is 42.2 Å². The summed E-state index contributed by atoms with van der Waals surface area (Å²) in [5.41, 5.74) is 6.17. The Balaban J connectivity index is 1.66. The molecule has 0 saturated carbocycles. The summed E-state index contributed by atoms with van der Waals surface area (Å²) in [6.07, 6.45) is -3.90. The van der Waals surface area contributed by atoms with Gasteiger partial charge >= 0.3 is 0 Å². The lowest BCUT2D eigenvalue weighted by atomic mass is 9.99. The number of anilines is 1. The number of halogens is 2. The summed E-state index contributed by atoms with van der Waals surface area (Å²) in [5.74, 6) is -1.96. The van der Waals surface area contributed by atoms with Gasteiger partial charge in [-0.1, -0.05) is 6.07 Å². The van der Waals surface area contributed by atoms with Gasteiger partial charge < -0.3 is 30.4 Å². The third-order valence-electron chi connectivity index (χ3n) is 4.69. The number of ether oxygens (including phenoxy) is 1. The predicted molar refractivity (Wildman–Crippen MR) is 89.2 cm³/mol. The van der Waals surface area contributed by atoms with Crippen LogP contribution in [0.5, 0.6) is 0 Å². The van der Waals surface area contributed by atoms with E-state index in [1.807, 2.05) is 0 Å². The molecule has 0 radical (unpaired) electrons. The second-order valence-corrected chi connectivity index (χ2v) is 6.31. The second-order valence-electron chi connectivity index (χ2n) is 6.31. The highest BCUT2D eigenvalue weighted by molar-refractivity contribution is 5.86. The van der Waals surface area contributed by atoms with Crippen molar-refractivity contribution in [2.75, 3.05) is 5.73 Å². The van der Waals surface area contributed by atoms with Crippen molar-refractivity contribution < 1.29 is 28.8 Å². The summed E-state index contributed by atoms with van der Waals surface area (Å²) in [6, 6.07) is 4.49. The monoisotopic (exact) mass is 378 g/mol. The molecular weight excluding hydrogens is 362 g/mol. The summed E-state index contributed by atoms with van der Waals surface area (Å²) >= 11 is 0. The molecule has 0 amide bonds. The van der Waals surface area contributed by atoms with E-state index in [4.69, 9.17) is 10.5 Å². The molecule has 8 nitrogen and oxygen atoms in total. The quantitative estimate of drug-likeness (QED) is 0.527. The minimum Gasteiger partial charge on any atom is -0.387 e. The molecule has 10 heteroatoms. The van der Waals surface area contributed by atoms with Crippen molar-refractivity contribution in [1.29, 1.82) is 0 Å². The molecule has 1 aliphatic rings. The van der Waals surface area contributed by atoms with E-state index in [2.05, 4.69) is 9.97 Å². The first-order valence-electron chi connectivity index (χ1n) is 8.10. The molecule has 1 aromatic carbocycles. The number of benzene rings is 1. The Kier molecular flexibility index (Phi) is 4.27. The zero-order valence-corrected chi connectivity index (χ0v) is 13.8. The first-order chi connectivity index (χ1) is 12.9. The van der Waals surface area contributed by atoms with Gasteiger partial charge in [-0.15, -0.1) is 0 Å². The molecule has 1 aliphatic heterocycles. The Bertz CT molecular complexity index is 998. The zero-order chi connectivity index (χ0) is 19.3. The standard InChI is InChI=1S/C17H16F2N4O4/c18-9-2-1-7(5-10(9)19)11(24)14-12(25)13(26)17(27-14)23-4-3-8-15(20)21-6-22-16(8)23/h1-6,11-14,17,24-26H,(H2,20,21,22)/t11?,12-,13+,14?,17+/m0/s1. The molecule has 27 heavy (non-hydrogen) atoms. The summed E-state index contributed by atoms with van der Waals surface area (Å²) < 4.78 is 33.7. The molecule has 4 rings (SSSR count). The van der Waals surface area contributed by atoms with E-state index in [0.717, 1.165) is 12.1 Å². The van der Waals surface area contributed by atoms with Crippen LogP contribution in [0, 0.1) is 11.6 Å². The molecule has 1 saturated heterocycles. The Morgan fingerprint density at radius 3 is 2.63 bits per heavy atom. The number of nitrogen functional groups attached to an aromatic ring is 1. The van der Waals surface area contributed by atoms with E-state index in [1.165, 1.54) is 17.0 Å². The summed E-state index contributed by atoms with van der Waals surface area (Å²) in [7, 11) is 0. The van der Waals surface area contributed by atoms with Crippen LogP contribution >= 0.6 is 0 Å². The maximum absolute atomic E-state index is 13.4. The highest BCUT2D eigenvalue weighted by Gasteiger charge is 2.47. The van der Waals surface area contributed by atoms with Gasteiger partial charge in [0.2, 0.25) is 0 Å². The van der Waals surface area contributed by atoms with E-state index in [-0.39, 0.29) is 11.4 Å². The fourth-order valence-electron chi connectivity index (χ4n) is 3.26. The molecule has 0 aliphatic carbocycles. The molecular formula is C17H16F2N4O4. The number of hydrogen-bond acceptors (Lipinski definition) is 7. The maximum Gasteiger partial charge on any atom is 0.164 e. The Labute approximate surface area is 151 Å². The van der Waals surface area contributed by atoms with Gasteiger partial charge in [-0.25, -0.2) is 18.7 Å². The fraction of sp³-hybridized carbons (Fsp3) is 0.294. The SMILES string of the molecule is Nc1ncnc2c1ccn2[C@@H]1OC(C(O)c2ccc(F)c(F)c2)[C@@H](O)[C@H]1O. The van der Waals surface area contributed by atoms with Crippen LogP contribution in [0.25, 0.3) is 11.0 Å². The Morgan fingerprint density at radius 2 is 1.89 bits per heavy atom. The van der Waals surface area contributed by atoms with E-state index in [1.54, 1.807) is 12.3 Å². The van der Waals surface area contributed by atoms with Gasteiger partial charge in [0.15, 0.2) is 17.9 Å². The van der Waals surface area contributed by atoms with Crippen LogP contribution in [-0.2, 0) is 4.74 Å². The largest absolute Gasteiger partial charge is 0.387 e. The van der Waals surface area contributed by atoms with E-state index in [0.29, 0.717) is 11.0 Å². The van der Waals surface area contributed by atoms with Gasteiger partial charge in [0.05, 0.1) is 5.39 Å². The lowest BCUT2D eigenvalue weighted by Crippen LogP contribution is -2.34. The van der Waals surface area contributed by atoms with Crippen molar-refractivity contribution in [3.63, 3.8) is 0 Å². The molecule has 5 atom stereocenters. The summed E-state index contributed by atoms with van der Waals surface area (Å²) in [6.45, 7) is 0. The Morgan fingerprint density at radius 1 is 1.11 bits per heavy atom. The number of hydrogen-bond donors (Lipinski definition) is 4. The molecule has 0 spiro atoms. The average Bonchev–Trinajstić information content (AvgIpc) is 3.20. The summed E-state index contributed by atoms with van der Waals surface area (Å²) in [4.78, 5) is 7.97. The number of nitrogens with two attached hydrogens (primary N) is 1. The van der Waals surface area contributed by atoms with Gasteiger partial charge in [0.25, 0.3) is 0 Å². The second kappa shape index (κ2) is 6.50. The zero-order valence-electron chi connectivity index (χ0n) is 13.8. The number of aliphatic hydroxyl groups is 3. The van der Waals surface area contributed by atoms with Crippen molar-refractivity contribution in [3.8, 4) is 0 Å².